The van der Waals surface area contributed by atoms with Gasteiger partial charge in [0.2, 0.25) is 11.8 Å². The van der Waals surface area contributed by atoms with Crippen molar-refractivity contribution >= 4 is 34.1 Å². The van der Waals surface area contributed by atoms with E-state index in [9.17, 15) is 14.4 Å². The number of ether oxygens (including phenoxy) is 2. The van der Waals surface area contributed by atoms with E-state index in [2.05, 4.69) is 12.2 Å². The van der Waals surface area contributed by atoms with Gasteiger partial charge in [-0.05, 0) is 45.1 Å². The molecule has 30 heavy (non-hydrogen) atoms. The van der Waals surface area contributed by atoms with Gasteiger partial charge in [-0.15, -0.1) is 11.3 Å². The molecule has 2 aliphatic heterocycles. The Hall–Kier alpha value is -1.93. The van der Waals surface area contributed by atoms with Crippen LogP contribution in [0.1, 0.15) is 74.2 Å². The summed E-state index contributed by atoms with van der Waals surface area (Å²) in [7, 11) is 0. The van der Waals surface area contributed by atoms with Gasteiger partial charge in [-0.1, -0.05) is 6.92 Å². The molecule has 1 saturated heterocycles. The molecule has 0 unspecified atom stereocenters. The number of hydrogen-bond donors (Lipinski definition) is 1. The Morgan fingerprint density at radius 1 is 1.23 bits per heavy atom. The maximum Gasteiger partial charge on any atom is 0.341 e. The van der Waals surface area contributed by atoms with Crippen LogP contribution >= 0.6 is 11.3 Å². The van der Waals surface area contributed by atoms with E-state index in [0.717, 1.165) is 36.4 Å². The highest BCUT2D eigenvalue weighted by molar-refractivity contribution is 7.17. The van der Waals surface area contributed by atoms with Gasteiger partial charge in [0.15, 0.2) is 0 Å². The molecule has 7 nitrogen and oxygen atoms in total. The SMILES string of the molecule is CCOC(=O)c1c(NC(=O)CCC(=O)N2CCC(C)CC2)sc2c1CC(C)(C)OC2. The fraction of sp³-hybridized carbons (Fsp3) is 0.682. The minimum atomic E-state index is -0.429. The van der Waals surface area contributed by atoms with Gasteiger partial charge in [0, 0.05) is 37.2 Å². The maximum absolute atomic E-state index is 12.6. The molecule has 3 rings (SSSR count). The molecule has 2 aliphatic rings. The van der Waals surface area contributed by atoms with Crippen LogP contribution in [-0.2, 0) is 32.1 Å². The topological polar surface area (TPSA) is 84.9 Å². The van der Waals surface area contributed by atoms with Gasteiger partial charge in [-0.2, -0.15) is 0 Å². The number of nitrogens with one attached hydrogen (secondary N) is 1. The number of esters is 1. The summed E-state index contributed by atoms with van der Waals surface area (Å²) in [5.41, 5.74) is 0.941. The first-order valence-corrected chi connectivity index (χ1v) is 11.5. The molecule has 1 N–H and O–H groups in total. The molecule has 8 heteroatoms. The smallest absolute Gasteiger partial charge is 0.341 e. The summed E-state index contributed by atoms with van der Waals surface area (Å²) in [6.07, 6.45) is 2.88. The molecule has 0 atom stereocenters. The largest absolute Gasteiger partial charge is 0.462 e. The van der Waals surface area contributed by atoms with E-state index >= 15 is 0 Å². The molecule has 0 aliphatic carbocycles. The highest BCUT2D eigenvalue weighted by Crippen LogP contribution is 2.40. The molecule has 1 aromatic rings. The number of hydrogen-bond acceptors (Lipinski definition) is 6. The number of fused-ring (bicyclic) bond motifs is 1. The highest BCUT2D eigenvalue weighted by atomic mass is 32.1. The fourth-order valence-corrected chi connectivity index (χ4v) is 5.02. The van der Waals surface area contributed by atoms with Crippen molar-refractivity contribution in [1.29, 1.82) is 0 Å². The molecule has 1 aromatic heterocycles. The molecule has 166 valence electrons. The number of anilines is 1. The number of likely N-dealkylation sites (tertiary alicyclic amines) is 1. The normalized spacial score (nSPS) is 18.6. The van der Waals surface area contributed by atoms with Gasteiger partial charge in [-0.3, -0.25) is 9.59 Å². The third-order valence-corrected chi connectivity index (χ3v) is 6.84. The summed E-state index contributed by atoms with van der Waals surface area (Å²) in [5.74, 6) is -0.0275. The van der Waals surface area contributed by atoms with E-state index in [4.69, 9.17) is 9.47 Å². The van der Waals surface area contributed by atoms with E-state index in [-0.39, 0.29) is 36.9 Å². The predicted octanol–water partition coefficient (Wildman–Crippen LogP) is 3.75. The molecule has 1 fully saturated rings. The second kappa shape index (κ2) is 9.47. The number of rotatable bonds is 6. The van der Waals surface area contributed by atoms with Crippen molar-refractivity contribution in [1.82, 2.24) is 4.90 Å². The average Bonchev–Trinajstić information content (AvgIpc) is 3.02. The molecule has 2 amide bonds. The van der Waals surface area contributed by atoms with Crippen molar-refractivity contribution in [3.8, 4) is 0 Å². The van der Waals surface area contributed by atoms with E-state index in [0.29, 0.717) is 29.5 Å². The van der Waals surface area contributed by atoms with E-state index in [1.54, 1.807) is 6.92 Å². The first-order valence-electron chi connectivity index (χ1n) is 10.7. The Bertz CT molecular complexity index is 809. The minimum Gasteiger partial charge on any atom is -0.462 e. The first kappa shape index (κ1) is 22.7. The van der Waals surface area contributed by atoms with Crippen LogP contribution in [0.25, 0.3) is 0 Å². The third kappa shape index (κ3) is 5.40. The van der Waals surface area contributed by atoms with Gasteiger partial charge in [0.1, 0.15) is 5.00 Å². The lowest BCUT2D eigenvalue weighted by Gasteiger charge is -2.30. The summed E-state index contributed by atoms with van der Waals surface area (Å²) >= 11 is 1.35. The standard InChI is InChI=1S/C22H32N2O5S/c1-5-28-21(27)19-15-12-22(3,4)29-13-16(15)30-20(19)23-17(25)6-7-18(26)24-10-8-14(2)9-11-24/h14H,5-13H2,1-4H3,(H,23,25). The van der Waals surface area contributed by atoms with Crippen LogP contribution in [0.15, 0.2) is 0 Å². The summed E-state index contributed by atoms with van der Waals surface area (Å²) in [4.78, 5) is 40.4. The van der Waals surface area contributed by atoms with Crippen molar-refractivity contribution < 1.29 is 23.9 Å². The van der Waals surface area contributed by atoms with Crippen LogP contribution in [0.3, 0.4) is 0 Å². The summed E-state index contributed by atoms with van der Waals surface area (Å²) in [6.45, 7) is 10.1. The number of nitrogens with zero attached hydrogens (tertiary/aromatic N) is 1. The van der Waals surface area contributed by atoms with E-state index in [1.807, 2.05) is 18.7 Å². The maximum atomic E-state index is 12.6. The van der Waals surface area contributed by atoms with Crippen molar-refractivity contribution in [2.75, 3.05) is 25.0 Å². The zero-order valence-electron chi connectivity index (χ0n) is 18.3. The second-order valence-corrected chi connectivity index (χ2v) is 9.87. The number of carbonyl (C=O) groups is 3. The third-order valence-electron chi connectivity index (χ3n) is 5.72. The Kier molecular flexibility index (Phi) is 7.18. The van der Waals surface area contributed by atoms with Crippen LogP contribution in [0.5, 0.6) is 0 Å². The minimum absolute atomic E-state index is 0.0169. The van der Waals surface area contributed by atoms with E-state index in [1.165, 1.54) is 11.3 Å². The molecule has 0 radical (unpaired) electrons. The fourth-order valence-electron chi connectivity index (χ4n) is 3.89. The summed E-state index contributed by atoms with van der Waals surface area (Å²) < 4.78 is 11.1. The summed E-state index contributed by atoms with van der Waals surface area (Å²) in [5, 5.41) is 3.34. The molecule has 0 bridgehead atoms. The van der Waals surface area contributed by atoms with Crippen LogP contribution in [0.2, 0.25) is 0 Å². The molecule has 0 saturated carbocycles. The van der Waals surface area contributed by atoms with Crippen molar-refractivity contribution in [3.63, 3.8) is 0 Å². The van der Waals surface area contributed by atoms with Gasteiger partial charge in [0.25, 0.3) is 0 Å². The number of amides is 2. The Balaban J connectivity index is 1.66. The highest BCUT2D eigenvalue weighted by Gasteiger charge is 2.34. The van der Waals surface area contributed by atoms with Crippen LogP contribution in [0.4, 0.5) is 5.00 Å². The number of carbonyl (C=O) groups excluding carboxylic acids is 3. The Morgan fingerprint density at radius 3 is 2.60 bits per heavy atom. The molecule has 3 heterocycles. The molecule has 0 spiro atoms. The first-order chi connectivity index (χ1) is 14.2. The second-order valence-electron chi connectivity index (χ2n) is 8.77. The number of thiophene rings is 1. The molecule has 0 aromatic carbocycles. The monoisotopic (exact) mass is 436 g/mol. The van der Waals surface area contributed by atoms with Crippen LogP contribution < -0.4 is 5.32 Å². The lowest BCUT2D eigenvalue weighted by Crippen LogP contribution is -2.38. The Labute approximate surface area is 182 Å². The predicted molar refractivity (Wildman–Crippen MR) is 116 cm³/mol. The lowest BCUT2D eigenvalue weighted by atomic mass is 9.93. The van der Waals surface area contributed by atoms with Gasteiger partial charge < -0.3 is 19.7 Å². The van der Waals surface area contributed by atoms with Crippen LogP contribution in [0, 0.1) is 5.92 Å². The van der Waals surface area contributed by atoms with Crippen molar-refractivity contribution in [3.05, 3.63) is 16.0 Å². The zero-order chi connectivity index (χ0) is 21.9. The van der Waals surface area contributed by atoms with Gasteiger partial charge in [-0.25, -0.2) is 4.79 Å². The average molecular weight is 437 g/mol. The van der Waals surface area contributed by atoms with Crippen LogP contribution in [-0.4, -0.2) is 48.0 Å². The van der Waals surface area contributed by atoms with E-state index < -0.39 is 5.97 Å². The quantitative estimate of drug-likeness (QED) is 0.687. The van der Waals surface area contributed by atoms with Crippen molar-refractivity contribution in [2.45, 2.75) is 72.0 Å². The van der Waals surface area contributed by atoms with Gasteiger partial charge in [0.05, 0.1) is 24.4 Å². The lowest BCUT2D eigenvalue weighted by molar-refractivity contribution is -0.134. The van der Waals surface area contributed by atoms with Crippen molar-refractivity contribution in [2.24, 2.45) is 5.92 Å². The zero-order valence-corrected chi connectivity index (χ0v) is 19.2. The summed E-state index contributed by atoms with van der Waals surface area (Å²) in [6, 6.07) is 0. The Morgan fingerprint density at radius 2 is 1.93 bits per heavy atom. The number of piperidine rings is 1. The van der Waals surface area contributed by atoms with Gasteiger partial charge >= 0.3 is 5.97 Å². The molecular weight excluding hydrogens is 404 g/mol. The molecular formula is C22H32N2O5S.